The van der Waals surface area contributed by atoms with Crippen LogP contribution in [0.2, 0.25) is 0 Å². The van der Waals surface area contributed by atoms with E-state index in [1.165, 1.54) is 0 Å². The van der Waals surface area contributed by atoms with Crippen molar-refractivity contribution in [2.75, 3.05) is 20.1 Å². The van der Waals surface area contributed by atoms with Gasteiger partial charge in [0.1, 0.15) is 5.60 Å². The van der Waals surface area contributed by atoms with Crippen molar-refractivity contribution in [3.63, 3.8) is 0 Å². The number of nitrogens with one attached hydrogen (secondary N) is 1. The Morgan fingerprint density at radius 2 is 2.00 bits per heavy atom. The first-order valence-electron chi connectivity index (χ1n) is 6.07. The minimum atomic E-state index is -0.397. The maximum atomic E-state index is 11.8. The maximum absolute atomic E-state index is 11.8. The van der Waals surface area contributed by atoms with Crippen molar-refractivity contribution in [2.24, 2.45) is 0 Å². The van der Waals surface area contributed by atoms with Gasteiger partial charge in [0.15, 0.2) is 0 Å². The van der Waals surface area contributed by atoms with Gasteiger partial charge in [0.2, 0.25) is 0 Å². The number of likely N-dealkylation sites (tertiary alicyclic amines) is 1. The van der Waals surface area contributed by atoms with Gasteiger partial charge in [-0.2, -0.15) is 0 Å². The largest absolute Gasteiger partial charge is 0.444 e. The molecule has 4 heteroatoms. The van der Waals surface area contributed by atoms with Gasteiger partial charge in [0.05, 0.1) is 0 Å². The van der Waals surface area contributed by atoms with Crippen LogP contribution in [0.25, 0.3) is 0 Å². The molecular weight excluding hydrogens is 204 g/mol. The quantitative estimate of drug-likeness (QED) is 0.746. The summed E-state index contributed by atoms with van der Waals surface area (Å²) in [5.74, 6) is 0. The van der Waals surface area contributed by atoms with Gasteiger partial charge in [-0.1, -0.05) is 0 Å². The highest BCUT2D eigenvalue weighted by Crippen LogP contribution is 2.15. The predicted molar refractivity (Wildman–Crippen MR) is 64.5 cm³/mol. The van der Waals surface area contributed by atoms with Crippen molar-refractivity contribution in [1.82, 2.24) is 10.2 Å². The molecule has 1 heterocycles. The summed E-state index contributed by atoms with van der Waals surface area (Å²) in [6.07, 6.45) is 3.01. The zero-order valence-electron chi connectivity index (χ0n) is 10.9. The van der Waals surface area contributed by atoms with Crippen LogP contribution in [0.3, 0.4) is 0 Å². The van der Waals surface area contributed by atoms with Gasteiger partial charge in [0, 0.05) is 19.1 Å². The highest BCUT2D eigenvalue weighted by molar-refractivity contribution is 5.68. The smallest absolute Gasteiger partial charge is 0.410 e. The summed E-state index contributed by atoms with van der Waals surface area (Å²) < 4.78 is 5.37. The molecule has 0 aromatic rings. The summed E-state index contributed by atoms with van der Waals surface area (Å²) in [7, 11) is 1.98. The topological polar surface area (TPSA) is 41.6 Å². The number of hydrogen-bond acceptors (Lipinski definition) is 3. The Morgan fingerprint density at radius 1 is 1.31 bits per heavy atom. The molecule has 1 N–H and O–H groups in total. The zero-order valence-corrected chi connectivity index (χ0v) is 10.9. The average molecular weight is 228 g/mol. The fraction of sp³-hybridized carbons (Fsp3) is 0.917. The molecule has 4 nitrogen and oxygen atoms in total. The van der Waals surface area contributed by atoms with E-state index in [4.69, 9.17) is 4.74 Å². The lowest BCUT2D eigenvalue weighted by Crippen LogP contribution is -2.38. The predicted octanol–water partition coefficient (Wildman–Crippen LogP) is 2.00. The maximum Gasteiger partial charge on any atom is 0.410 e. The van der Waals surface area contributed by atoms with Crippen molar-refractivity contribution < 1.29 is 9.53 Å². The van der Waals surface area contributed by atoms with E-state index in [0.29, 0.717) is 6.04 Å². The van der Waals surface area contributed by atoms with Gasteiger partial charge < -0.3 is 15.0 Å². The van der Waals surface area contributed by atoms with Crippen LogP contribution in [0.15, 0.2) is 0 Å². The summed E-state index contributed by atoms with van der Waals surface area (Å²) in [4.78, 5) is 13.7. The third-order valence-electron chi connectivity index (χ3n) is 2.79. The molecule has 1 atom stereocenters. The van der Waals surface area contributed by atoms with E-state index < -0.39 is 5.60 Å². The SMILES string of the molecule is CNC1CCCN(C(=O)OC(C)(C)C)CC1. The lowest BCUT2D eigenvalue weighted by atomic mass is 10.1. The van der Waals surface area contributed by atoms with Gasteiger partial charge in [-0.3, -0.25) is 0 Å². The fourth-order valence-corrected chi connectivity index (χ4v) is 1.89. The fourth-order valence-electron chi connectivity index (χ4n) is 1.89. The van der Waals surface area contributed by atoms with E-state index in [1.54, 1.807) is 0 Å². The molecular formula is C12H24N2O2. The third-order valence-corrected chi connectivity index (χ3v) is 2.79. The summed E-state index contributed by atoms with van der Waals surface area (Å²) in [6, 6.07) is 0.535. The first kappa shape index (κ1) is 13.3. The second kappa shape index (κ2) is 5.53. The molecule has 0 aromatic carbocycles. The van der Waals surface area contributed by atoms with Crippen LogP contribution in [0.1, 0.15) is 40.0 Å². The van der Waals surface area contributed by atoms with Crippen LogP contribution in [0.5, 0.6) is 0 Å². The van der Waals surface area contributed by atoms with Gasteiger partial charge in [-0.15, -0.1) is 0 Å². The van der Waals surface area contributed by atoms with Crippen molar-refractivity contribution in [1.29, 1.82) is 0 Å². The Balaban J connectivity index is 2.45. The standard InChI is InChI=1S/C12H24N2O2/c1-12(2,3)16-11(15)14-8-5-6-10(13-4)7-9-14/h10,13H,5-9H2,1-4H3. The van der Waals surface area contributed by atoms with Crippen molar-refractivity contribution >= 4 is 6.09 Å². The van der Waals surface area contributed by atoms with Gasteiger partial charge >= 0.3 is 6.09 Å². The van der Waals surface area contributed by atoms with Gasteiger partial charge in [-0.25, -0.2) is 4.79 Å². The minimum Gasteiger partial charge on any atom is -0.444 e. The van der Waals surface area contributed by atoms with Crippen LogP contribution in [-0.4, -0.2) is 42.8 Å². The van der Waals surface area contributed by atoms with Gasteiger partial charge in [0.25, 0.3) is 0 Å². The molecule has 0 saturated carbocycles. The molecule has 1 fully saturated rings. The molecule has 1 aliphatic heterocycles. The molecule has 1 saturated heterocycles. The highest BCUT2D eigenvalue weighted by Gasteiger charge is 2.24. The molecule has 0 radical (unpaired) electrons. The number of carbonyl (C=O) groups excluding carboxylic acids is 1. The molecule has 1 unspecified atom stereocenters. The molecule has 16 heavy (non-hydrogen) atoms. The minimum absolute atomic E-state index is 0.177. The second-order valence-electron chi connectivity index (χ2n) is 5.38. The van der Waals surface area contributed by atoms with E-state index in [1.807, 2.05) is 32.7 Å². The Morgan fingerprint density at radius 3 is 2.56 bits per heavy atom. The number of rotatable bonds is 1. The van der Waals surface area contributed by atoms with E-state index in [-0.39, 0.29) is 6.09 Å². The Labute approximate surface area is 98.3 Å². The number of nitrogens with zero attached hydrogens (tertiary/aromatic N) is 1. The summed E-state index contributed by atoms with van der Waals surface area (Å²) >= 11 is 0. The Hall–Kier alpha value is -0.770. The number of carbonyl (C=O) groups is 1. The van der Waals surface area contributed by atoms with Crippen LogP contribution in [0.4, 0.5) is 4.79 Å². The third kappa shape index (κ3) is 4.39. The Kier molecular flexibility index (Phi) is 4.59. The van der Waals surface area contributed by atoms with Crippen LogP contribution in [0, 0.1) is 0 Å². The number of ether oxygens (including phenoxy) is 1. The van der Waals surface area contributed by atoms with E-state index in [0.717, 1.165) is 32.4 Å². The van der Waals surface area contributed by atoms with Crippen molar-refractivity contribution in [3.05, 3.63) is 0 Å². The second-order valence-corrected chi connectivity index (χ2v) is 5.38. The van der Waals surface area contributed by atoms with Crippen molar-refractivity contribution in [2.45, 2.75) is 51.7 Å². The lowest BCUT2D eigenvalue weighted by molar-refractivity contribution is 0.0256. The molecule has 1 amide bonds. The Bertz CT molecular complexity index is 236. The van der Waals surface area contributed by atoms with Crippen LogP contribution >= 0.6 is 0 Å². The van der Waals surface area contributed by atoms with Gasteiger partial charge in [-0.05, 0) is 47.1 Å². The summed E-state index contributed by atoms with van der Waals surface area (Å²) in [5.41, 5.74) is -0.397. The molecule has 1 aliphatic rings. The number of amides is 1. The molecule has 0 bridgehead atoms. The molecule has 1 rings (SSSR count). The first-order valence-corrected chi connectivity index (χ1v) is 6.07. The lowest BCUT2D eigenvalue weighted by Gasteiger charge is -2.26. The van der Waals surface area contributed by atoms with E-state index in [9.17, 15) is 4.79 Å². The molecule has 0 aliphatic carbocycles. The molecule has 0 spiro atoms. The zero-order chi connectivity index (χ0) is 12.2. The van der Waals surface area contributed by atoms with E-state index in [2.05, 4.69) is 5.32 Å². The van der Waals surface area contributed by atoms with Crippen molar-refractivity contribution in [3.8, 4) is 0 Å². The van der Waals surface area contributed by atoms with Crippen LogP contribution < -0.4 is 5.32 Å². The monoisotopic (exact) mass is 228 g/mol. The molecule has 0 aromatic heterocycles. The molecule has 94 valence electrons. The highest BCUT2D eigenvalue weighted by atomic mass is 16.6. The van der Waals surface area contributed by atoms with E-state index >= 15 is 0 Å². The first-order chi connectivity index (χ1) is 7.42. The number of hydrogen-bond donors (Lipinski definition) is 1. The average Bonchev–Trinajstić information content (AvgIpc) is 2.39. The summed E-state index contributed by atoms with van der Waals surface area (Å²) in [5, 5.41) is 3.27. The summed E-state index contributed by atoms with van der Waals surface area (Å²) in [6.45, 7) is 7.31. The normalized spacial score (nSPS) is 22.8. The van der Waals surface area contributed by atoms with Crippen LogP contribution in [-0.2, 0) is 4.74 Å².